The smallest absolute Gasteiger partial charge is 0.193 e. The quantitative estimate of drug-likeness (QED) is 0.798. The second-order valence-corrected chi connectivity index (χ2v) is 9.82. The Morgan fingerprint density at radius 1 is 0.750 bits per heavy atom. The molecule has 4 nitrogen and oxygen atoms in total. The number of sulfone groups is 2. The van der Waals surface area contributed by atoms with Crippen LogP contribution in [0, 0.1) is 0 Å². The lowest BCUT2D eigenvalue weighted by molar-refractivity contribution is 0.591. The Bertz CT molecular complexity index is 440. The van der Waals surface area contributed by atoms with Crippen LogP contribution in [0.2, 0.25) is 0 Å². The SMILES string of the molecule is CC(C)S(=O)(=O)C(Cl)=C(Cl)S(=O)(=O)C(C)C. The van der Waals surface area contributed by atoms with Gasteiger partial charge in [-0.1, -0.05) is 23.2 Å². The molecule has 0 bridgehead atoms. The molecule has 96 valence electrons. The third kappa shape index (κ3) is 3.12. The van der Waals surface area contributed by atoms with E-state index in [2.05, 4.69) is 0 Å². The molecule has 0 aromatic rings. The predicted molar refractivity (Wildman–Crippen MR) is 66.8 cm³/mol. The van der Waals surface area contributed by atoms with Gasteiger partial charge >= 0.3 is 0 Å². The lowest BCUT2D eigenvalue weighted by atomic mass is 10.6. The van der Waals surface area contributed by atoms with Crippen LogP contribution in [0.15, 0.2) is 8.73 Å². The molecule has 0 spiro atoms. The molecule has 0 aromatic heterocycles. The molecule has 0 amide bonds. The third-order valence-corrected chi connectivity index (χ3v) is 7.90. The topological polar surface area (TPSA) is 68.3 Å². The van der Waals surface area contributed by atoms with Crippen molar-refractivity contribution in [2.45, 2.75) is 38.2 Å². The molecule has 0 aliphatic carbocycles. The summed E-state index contributed by atoms with van der Waals surface area (Å²) in [6, 6.07) is 0. The summed E-state index contributed by atoms with van der Waals surface area (Å²) in [7, 11) is -7.72. The van der Waals surface area contributed by atoms with Crippen molar-refractivity contribution in [1.82, 2.24) is 0 Å². The van der Waals surface area contributed by atoms with E-state index in [0.717, 1.165) is 0 Å². The molecule has 0 unspecified atom stereocenters. The predicted octanol–water partition coefficient (Wildman–Crippen LogP) is 2.24. The van der Waals surface area contributed by atoms with Gasteiger partial charge in [-0.2, -0.15) is 0 Å². The zero-order valence-electron chi connectivity index (χ0n) is 9.36. The zero-order chi connectivity index (χ0) is 13.3. The van der Waals surface area contributed by atoms with E-state index in [0.29, 0.717) is 0 Å². The van der Waals surface area contributed by atoms with Crippen LogP contribution in [0.5, 0.6) is 0 Å². The van der Waals surface area contributed by atoms with E-state index in [1.54, 1.807) is 0 Å². The van der Waals surface area contributed by atoms with Gasteiger partial charge in [-0.25, -0.2) is 16.8 Å². The van der Waals surface area contributed by atoms with Gasteiger partial charge in [0.2, 0.25) is 0 Å². The van der Waals surface area contributed by atoms with Gasteiger partial charge in [-0.05, 0) is 27.7 Å². The number of halogens is 2. The normalized spacial score (nSPS) is 15.5. The molecule has 0 N–H and O–H groups in total. The second kappa shape index (κ2) is 5.25. The zero-order valence-corrected chi connectivity index (χ0v) is 12.5. The van der Waals surface area contributed by atoms with Crippen LogP contribution < -0.4 is 0 Å². The molecular formula is C8H14Cl2O4S2. The first-order valence-electron chi connectivity index (χ1n) is 4.48. The van der Waals surface area contributed by atoms with Crippen LogP contribution in [0.4, 0.5) is 0 Å². The first-order valence-corrected chi connectivity index (χ1v) is 8.33. The highest BCUT2D eigenvalue weighted by atomic mass is 35.5. The minimum atomic E-state index is -3.86. The Morgan fingerprint density at radius 2 is 0.938 bits per heavy atom. The number of hydrogen-bond donors (Lipinski definition) is 0. The molecule has 0 radical (unpaired) electrons. The summed E-state index contributed by atoms with van der Waals surface area (Å²) in [4.78, 5) is 0. The maximum atomic E-state index is 11.6. The fourth-order valence-electron chi connectivity index (χ4n) is 0.638. The van der Waals surface area contributed by atoms with Crippen molar-refractivity contribution in [2.75, 3.05) is 0 Å². The third-order valence-electron chi connectivity index (χ3n) is 1.90. The first kappa shape index (κ1) is 16.2. The van der Waals surface area contributed by atoms with E-state index < -0.39 is 38.9 Å². The first-order chi connectivity index (χ1) is 6.95. The second-order valence-electron chi connectivity index (χ2n) is 3.73. The molecule has 0 aliphatic heterocycles. The fraction of sp³-hybridized carbons (Fsp3) is 0.750. The summed E-state index contributed by atoms with van der Waals surface area (Å²) in [5, 5.41) is -1.65. The Balaban J connectivity index is 5.84. The van der Waals surface area contributed by atoms with Gasteiger partial charge in [0.05, 0.1) is 10.5 Å². The van der Waals surface area contributed by atoms with Crippen LogP contribution >= 0.6 is 23.2 Å². The van der Waals surface area contributed by atoms with E-state index >= 15 is 0 Å². The van der Waals surface area contributed by atoms with Gasteiger partial charge in [0, 0.05) is 0 Å². The Morgan fingerprint density at radius 3 is 1.06 bits per heavy atom. The summed E-state index contributed by atoms with van der Waals surface area (Å²) >= 11 is 11.1. The molecular weight excluding hydrogens is 295 g/mol. The van der Waals surface area contributed by atoms with Gasteiger partial charge in [0.1, 0.15) is 0 Å². The van der Waals surface area contributed by atoms with E-state index in [-0.39, 0.29) is 0 Å². The summed E-state index contributed by atoms with van der Waals surface area (Å²) in [6.45, 7) is 5.57. The van der Waals surface area contributed by atoms with Crippen molar-refractivity contribution in [3.05, 3.63) is 8.73 Å². The summed E-state index contributed by atoms with van der Waals surface area (Å²) in [6.07, 6.45) is 0. The minimum Gasteiger partial charge on any atom is -0.222 e. The average Bonchev–Trinajstić information content (AvgIpc) is 2.14. The van der Waals surface area contributed by atoms with E-state index in [1.807, 2.05) is 0 Å². The summed E-state index contributed by atoms with van der Waals surface area (Å²) in [5.74, 6) is 0. The lowest BCUT2D eigenvalue weighted by Crippen LogP contribution is -2.19. The summed E-state index contributed by atoms with van der Waals surface area (Å²) in [5.41, 5.74) is 0. The molecule has 0 heterocycles. The molecule has 0 atom stereocenters. The highest BCUT2D eigenvalue weighted by Gasteiger charge is 2.31. The molecule has 0 fully saturated rings. The van der Waals surface area contributed by atoms with Crippen molar-refractivity contribution < 1.29 is 16.8 Å². The highest BCUT2D eigenvalue weighted by Crippen LogP contribution is 2.29. The maximum absolute atomic E-state index is 11.6. The molecule has 0 aromatic carbocycles. The van der Waals surface area contributed by atoms with Crippen molar-refractivity contribution in [1.29, 1.82) is 0 Å². The highest BCUT2D eigenvalue weighted by molar-refractivity contribution is 8.01. The average molecular weight is 309 g/mol. The minimum absolute atomic E-state index is 0.808. The molecule has 16 heavy (non-hydrogen) atoms. The monoisotopic (exact) mass is 308 g/mol. The fourth-order valence-corrected chi connectivity index (χ4v) is 4.32. The van der Waals surface area contributed by atoms with E-state index in [9.17, 15) is 16.8 Å². The van der Waals surface area contributed by atoms with Crippen LogP contribution in [-0.2, 0) is 19.7 Å². The molecule has 0 saturated carbocycles. The molecule has 0 rings (SSSR count). The van der Waals surface area contributed by atoms with Gasteiger partial charge in [0.25, 0.3) is 0 Å². The van der Waals surface area contributed by atoms with Gasteiger partial charge in [-0.15, -0.1) is 0 Å². The van der Waals surface area contributed by atoms with Gasteiger partial charge in [0.15, 0.2) is 28.4 Å². The van der Waals surface area contributed by atoms with Crippen molar-refractivity contribution >= 4 is 42.9 Å². The van der Waals surface area contributed by atoms with Crippen LogP contribution in [0.25, 0.3) is 0 Å². The van der Waals surface area contributed by atoms with Crippen LogP contribution in [-0.4, -0.2) is 27.3 Å². The lowest BCUT2D eigenvalue weighted by Gasteiger charge is -2.11. The largest absolute Gasteiger partial charge is 0.222 e. The van der Waals surface area contributed by atoms with Crippen molar-refractivity contribution in [3.8, 4) is 0 Å². The van der Waals surface area contributed by atoms with E-state index in [4.69, 9.17) is 23.2 Å². The van der Waals surface area contributed by atoms with Gasteiger partial charge in [-0.3, -0.25) is 0 Å². The Hall–Kier alpha value is 0.220. The Kier molecular flexibility index (Phi) is 5.32. The number of rotatable bonds is 4. The standard InChI is InChI=1S/C8H14Cl2O4S2/c1-5(2)15(11,12)7(9)8(10)16(13,14)6(3)4/h5-6H,1-4H3. The molecule has 8 heteroatoms. The molecule has 0 aliphatic rings. The van der Waals surface area contributed by atoms with Crippen LogP contribution in [0.3, 0.4) is 0 Å². The maximum Gasteiger partial charge on any atom is 0.193 e. The van der Waals surface area contributed by atoms with E-state index in [1.165, 1.54) is 27.7 Å². The Labute approximate surface area is 106 Å². The van der Waals surface area contributed by atoms with Crippen molar-refractivity contribution in [2.24, 2.45) is 0 Å². The van der Waals surface area contributed by atoms with Crippen LogP contribution in [0.1, 0.15) is 27.7 Å². The van der Waals surface area contributed by atoms with Crippen molar-refractivity contribution in [3.63, 3.8) is 0 Å². The number of hydrogen-bond acceptors (Lipinski definition) is 4. The molecule has 0 saturated heterocycles. The van der Waals surface area contributed by atoms with Gasteiger partial charge < -0.3 is 0 Å². The summed E-state index contributed by atoms with van der Waals surface area (Å²) < 4.78 is 44.8.